The van der Waals surface area contributed by atoms with Crippen LogP contribution in [0, 0.1) is 0 Å². The maximum Gasteiger partial charge on any atom is 0.268 e. The minimum atomic E-state index is -4.61. The first-order valence-electron chi connectivity index (χ1n) is 31.3. The molecule has 0 saturated heterocycles. The number of rotatable bonds is 57. The zero-order valence-corrected chi connectivity index (χ0v) is 50.2. The van der Waals surface area contributed by atoms with Gasteiger partial charge >= 0.3 is 0 Å². The highest BCUT2D eigenvalue weighted by Crippen LogP contribution is 2.38. The van der Waals surface area contributed by atoms with E-state index in [2.05, 4.69) is 79.9 Å². The standard InChI is InChI=1S/C65H121N2O6P/c1-6-8-10-12-14-16-18-20-21-22-23-24-25-26-27-28-29-30-31-32-33-34-35-36-37-38-39-40-41-42-43-44-45-47-49-51-53-55-57-59-65(69)66-63(62-73-74(70,71)72-61-60-67(3,4)5)64(68)58-56-54-52-50-48-46-19-17-15-13-11-9-7-2/h15,17-18,20,22-23,25-26,48,50,56,58,63-64,68H,6-14,16,19,21,24,27-47,49,51-55,57,59-62H2,1-5H3,(H-,66,69,70,71)/b17-15+,20-18-,23-22-,26-25-,50-48+,58-56+. The predicted octanol–water partition coefficient (Wildman–Crippen LogP) is 18.8. The molecule has 3 unspecified atom stereocenters. The SMILES string of the molecule is CCCCC/C=C/CC/C=C/CC/C=C/C(O)C(COP(=O)([O-])OCC[N+](C)(C)C)NC(=O)CCCCCCCCCCCCCCCCCCCCCCCCCC/C=C\C/C=C\C/C=C\CCCCCCC. The molecule has 0 aliphatic carbocycles. The predicted molar refractivity (Wildman–Crippen MR) is 320 cm³/mol. The molecule has 0 bridgehead atoms. The molecule has 0 radical (unpaired) electrons. The Labute approximate surface area is 459 Å². The lowest BCUT2D eigenvalue weighted by Crippen LogP contribution is -2.45. The minimum Gasteiger partial charge on any atom is -0.756 e. The van der Waals surface area contributed by atoms with Crippen LogP contribution in [0.5, 0.6) is 0 Å². The summed E-state index contributed by atoms with van der Waals surface area (Å²) in [5, 5.41) is 13.8. The molecule has 0 aromatic carbocycles. The number of amides is 1. The van der Waals surface area contributed by atoms with Crippen molar-refractivity contribution in [1.82, 2.24) is 5.32 Å². The molecule has 3 atom stereocenters. The number of nitrogens with zero attached hydrogens (tertiary/aromatic N) is 1. The molecule has 74 heavy (non-hydrogen) atoms. The fourth-order valence-electron chi connectivity index (χ4n) is 8.96. The molecule has 1 amide bonds. The van der Waals surface area contributed by atoms with Crippen LogP contribution in [0.25, 0.3) is 0 Å². The van der Waals surface area contributed by atoms with E-state index < -0.39 is 26.6 Å². The maximum absolute atomic E-state index is 12.9. The number of unbranched alkanes of at least 4 members (excludes halogenated alkanes) is 34. The molecular formula is C65H121N2O6P. The molecule has 0 aromatic heterocycles. The van der Waals surface area contributed by atoms with Gasteiger partial charge in [0.15, 0.2) is 0 Å². The second-order valence-electron chi connectivity index (χ2n) is 22.4. The van der Waals surface area contributed by atoms with Crippen molar-refractivity contribution in [3.63, 3.8) is 0 Å². The first-order valence-corrected chi connectivity index (χ1v) is 32.8. The highest BCUT2D eigenvalue weighted by Gasteiger charge is 2.23. The van der Waals surface area contributed by atoms with Gasteiger partial charge in [0.25, 0.3) is 7.82 Å². The summed E-state index contributed by atoms with van der Waals surface area (Å²) in [6.45, 7) is 4.58. The number of nitrogens with one attached hydrogen (secondary N) is 1. The lowest BCUT2D eigenvalue weighted by molar-refractivity contribution is -0.870. The van der Waals surface area contributed by atoms with Crippen molar-refractivity contribution < 1.29 is 32.9 Å². The minimum absolute atomic E-state index is 0.00968. The Kier molecular flexibility index (Phi) is 54.1. The van der Waals surface area contributed by atoms with Crippen LogP contribution in [0.1, 0.15) is 284 Å². The van der Waals surface area contributed by atoms with E-state index in [9.17, 15) is 19.4 Å². The summed E-state index contributed by atoms with van der Waals surface area (Å²) in [4.78, 5) is 25.5. The van der Waals surface area contributed by atoms with Crippen LogP contribution in [0.3, 0.4) is 0 Å². The van der Waals surface area contributed by atoms with E-state index in [-0.39, 0.29) is 12.5 Å². The number of likely N-dealkylation sites (N-methyl/N-ethyl adjacent to an activating group) is 1. The summed E-state index contributed by atoms with van der Waals surface area (Å²) in [5.41, 5.74) is 0. The summed E-state index contributed by atoms with van der Waals surface area (Å²) >= 11 is 0. The molecule has 9 heteroatoms. The Balaban J connectivity index is 3.91. The van der Waals surface area contributed by atoms with Gasteiger partial charge < -0.3 is 28.8 Å². The third kappa shape index (κ3) is 57.6. The highest BCUT2D eigenvalue weighted by atomic mass is 31.2. The average molecular weight is 1060 g/mol. The Morgan fingerprint density at radius 3 is 1.22 bits per heavy atom. The van der Waals surface area contributed by atoms with E-state index in [1.807, 2.05) is 27.2 Å². The van der Waals surface area contributed by atoms with E-state index >= 15 is 0 Å². The van der Waals surface area contributed by atoms with E-state index in [0.29, 0.717) is 17.4 Å². The summed E-state index contributed by atoms with van der Waals surface area (Å²) in [5.74, 6) is -0.210. The Morgan fingerprint density at radius 1 is 0.473 bits per heavy atom. The Hall–Kier alpha value is -2.06. The first kappa shape index (κ1) is 71.9. The fraction of sp³-hybridized carbons (Fsp3) is 0.800. The van der Waals surface area contributed by atoms with Crippen LogP contribution in [0.4, 0.5) is 0 Å². The lowest BCUT2D eigenvalue weighted by Gasteiger charge is -2.29. The number of quaternary nitrogens is 1. The van der Waals surface area contributed by atoms with Gasteiger partial charge in [-0.05, 0) is 83.5 Å². The largest absolute Gasteiger partial charge is 0.756 e. The highest BCUT2D eigenvalue weighted by molar-refractivity contribution is 7.45. The van der Waals surface area contributed by atoms with Crippen molar-refractivity contribution >= 4 is 13.7 Å². The van der Waals surface area contributed by atoms with Gasteiger partial charge in [-0.3, -0.25) is 9.36 Å². The molecule has 0 aromatic rings. The number of hydrogen-bond acceptors (Lipinski definition) is 6. The molecule has 0 heterocycles. The van der Waals surface area contributed by atoms with E-state index in [0.717, 1.165) is 64.2 Å². The first-order chi connectivity index (χ1) is 36.0. The number of aliphatic hydroxyl groups excluding tert-OH is 1. The number of allylic oxidation sites excluding steroid dienone is 11. The van der Waals surface area contributed by atoms with Gasteiger partial charge in [0, 0.05) is 6.42 Å². The molecule has 0 spiro atoms. The molecular weight excluding hydrogens is 936 g/mol. The van der Waals surface area contributed by atoms with Crippen molar-refractivity contribution in [3.05, 3.63) is 72.9 Å². The molecule has 0 fully saturated rings. The van der Waals surface area contributed by atoms with Gasteiger partial charge in [0.05, 0.1) is 39.9 Å². The third-order valence-electron chi connectivity index (χ3n) is 13.9. The molecule has 8 nitrogen and oxygen atoms in total. The number of phosphoric acid groups is 1. The van der Waals surface area contributed by atoms with Crippen molar-refractivity contribution in [2.75, 3.05) is 40.9 Å². The molecule has 0 aliphatic heterocycles. The van der Waals surface area contributed by atoms with Crippen LogP contribution < -0.4 is 10.2 Å². The number of carbonyl (C=O) groups is 1. The summed E-state index contributed by atoms with van der Waals surface area (Å²) in [6, 6.07) is -0.910. The van der Waals surface area contributed by atoms with Gasteiger partial charge in [-0.25, -0.2) is 0 Å². The second kappa shape index (κ2) is 55.7. The number of carbonyl (C=O) groups excluding carboxylic acids is 1. The third-order valence-corrected chi connectivity index (χ3v) is 14.8. The molecule has 2 N–H and O–H groups in total. The maximum atomic E-state index is 12.9. The van der Waals surface area contributed by atoms with Crippen LogP contribution in [0.2, 0.25) is 0 Å². The zero-order valence-electron chi connectivity index (χ0n) is 49.3. The van der Waals surface area contributed by atoms with Crippen molar-refractivity contribution in [1.29, 1.82) is 0 Å². The Bertz CT molecular complexity index is 1430. The van der Waals surface area contributed by atoms with Crippen LogP contribution in [-0.2, 0) is 18.4 Å². The summed E-state index contributed by atoms with van der Waals surface area (Å²) < 4.78 is 23.3. The summed E-state index contributed by atoms with van der Waals surface area (Å²) in [7, 11) is 1.24. The van der Waals surface area contributed by atoms with Gasteiger partial charge in [-0.15, -0.1) is 0 Å². The topological polar surface area (TPSA) is 108 Å². The van der Waals surface area contributed by atoms with E-state index in [1.54, 1.807) is 6.08 Å². The normalized spacial score (nSPS) is 14.3. The smallest absolute Gasteiger partial charge is 0.268 e. The van der Waals surface area contributed by atoms with Crippen molar-refractivity contribution in [2.45, 2.75) is 296 Å². The van der Waals surface area contributed by atoms with Gasteiger partial charge in [-0.2, -0.15) is 0 Å². The van der Waals surface area contributed by atoms with Gasteiger partial charge in [-0.1, -0.05) is 267 Å². The quantitative estimate of drug-likeness (QED) is 0.0272. The van der Waals surface area contributed by atoms with Crippen LogP contribution in [0.15, 0.2) is 72.9 Å². The summed E-state index contributed by atoms with van der Waals surface area (Å²) in [6.07, 6.45) is 77.4. The number of hydrogen-bond donors (Lipinski definition) is 2. The average Bonchev–Trinajstić information content (AvgIpc) is 3.36. The number of phosphoric ester groups is 1. The van der Waals surface area contributed by atoms with Gasteiger partial charge in [0.1, 0.15) is 13.2 Å². The zero-order chi connectivity index (χ0) is 54.2. The van der Waals surface area contributed by atoms with E-state index in [4.69, 9.17) is 9.05 Å². The molecule has 0 rings (SSSR count). The van der Waals surface area contributed by atoms with Gasteiger partial charge in [0.2, 0.25) is 5.91 Å². The van der Waals surface area contributed by atoms with Crippen molar-refractivity contribution in [3.8, 4) is 0 Å². The van der Waals surface area contributed by atoms with Crippen molar-refractivity contribution in [2.24, 2.45) is 0 Å². The monoisotopic (exact) mass is 1060 g/mol. The molecule has 0 saturated carbocycles. The van der Waals surface area contributed by atoms with Crippen LogP contribution in [-0.4, -0.2) is 68.5 Å². The molecule has 0 aliphatic rings. The molecule has 432 valence electrons. The Morgan fingerprint density at radius 2 is 0.797 bits per heavy atom. The second-order valence-corrected chi connectivity index (χ2v) is 23.8. The number of aliphatic hydroxyl groups is 1. The fourth-order valence-corrected chi connectivity index (χ4v) is 9.68. The van der Waals surface area contributed by atoms with E-state index in [1.165, 1.54) is 199 Å². The lowest BCUT2D eigenvalue weighted by atomic mass is 10.0. The van der Waals surface area contributed by atoms with Crippen LogP contribution >= 0.6 is 7.82 Å².